The highest BCUT2D eigenvalue weighted by molar-refractivity contribution is 4.58. The lowest BCUT2D eigenvalue weighted by Crippen LogP contribution is -2.23. The highest BCUT2D eigenvalue weighted by Gasteiger charge is 2.13. The second-order valence-electron chi connectivity index (χ2n) is 6.76. The van der Waals surface area contributed by atoms with Crippen molar-refractivity contribution in [2.75, 3.05) is 39.6 Å². The molecule has 168 valence electrons. The fourth-order valence-electron chi connectivity index (χ4n) is 1.26. The molecule has 6 atom stereocenters. The number of aliphatic hydroxyl groups excluding tert-OH is 4. The summed E-state index contributed by atoms with van der Waals surface area (Å²) in [6.45, 7) is 13.2. The van der Waals surface area contributed by atoms with Crippen molar-refractivity contribution in [2.24, 2.45) is 0 Å². The summed E-state index contributed by atoms with van der Waals surface area (Å²) in [7, 11) is 0. The lowest BCUT2D eigenvalue weighted by molar-refractivity contribution is -0.0492. The summed E-state index contributed by atoms with van der Waals surface area (Å²) in [4.78, 5) is 0. The molecule has 6 unspecified atom stereocenters. The van der Waals surface area contributed by atoms with E-state index < -0.39 is 24.4 Å². The van der Waals surface area contributed by atoms with Crippen molar-refractivity contribution in [3.05, 3.63) is 0 Å². The van der Waals surface area contributed by atoms with Gasteiger partial charge < -0.3 is 39.4 Å². The molecule has 8 nitrogen and oxygen atoms in total. The average molecular weight is 401 g/mol. The standard InChI is InChI=1S/C9H20O4.C6H14O3.C3H6O.CH4/c1-7(10)4-12-6-9(3)13-5-8(2)11;1-5(7)3-9-4-6(2)8;1-3-2-4-3;/h7-11H,4-6H2,1-3H3;5-8H,3-4H2,1-2H3;3H,2H2,1H3;1H4. The van der Waals surface area contributed by atoms with Crippen molar-refractivity contribution in [1.29, 1.82) is 0 Å². The highest BCUT2D eigenvalue weighted by atomic mass is 16.6. The Morgan fingerprint density at radius 2 is 1.04 bits per heavy atom. The zero-order chi connectivity index (χ0) is 20.5. The third-order valence-corrected chi connectivity index (χ3v) is 2.55. The first-order chi connectivity index (χ1) is 12.0. The van der Waals surface area contributed by atoms with E-state index in [1.54, 1.807) is 27.7 Å². The van der Waals surface area contributed by atoms with Crippen LogP contribution in [0.15, 0.2) is 0 Å². The molecule has 0 amide bonds. The molecular weight excluding hydrogens is 356 g/mol. The number of aliphatic hydroxyl groups is 4. The van der Waals surface area contributed by atoms with Gasteiger partial charge in [-0.1, -0.05) is 7.43 Å². The van der Waals surface area contributed by atoms with Crippen LogP contribution in [0.2, 0.25) is 0 Å². The Labute approximate surface area is 165 Å². The molecule has 0 aliphatic carbocycles. The van der Waals surface area contributed by atoms with Crippen LogP contribution in [0.1, 0.15) is 49.0 Å². The first-order valence-corrected chi connectivity index (χ1v) is 9.15. The van der Waals surface area contributed by atoms with Gasteiger partial charge in [-0.15, -0.1) is 0 Å². The van der Waals surface area contributed by atoms with Gasteiger partial charge in [0.15, 0.2) is 0 Å². The van der Waals surface area contributed by atoms with Gasteiger partial charge in [0.2, 0.25) is 0 Å². The molecule has 0 spiro atoms. The van der Waals surface area contributed by atoms with Crippen LogP contribution < -0.4 is 0 Å². The molecule has 8 heteroatoms. The second kappa shape index (κ2) is 20.4. The predicted molar refractivity (Wildman–Crippen MR) is 106 cm³/mol. The van der Waals surface area contributed by atoms with Crippen molar-refractivity contribution >= 4 is 0 Å². The van der Waals surface area contributed by atoms with Crippen LogP contribution >= 0.6 is 0 Å². The monoisotopic (exact) mass is 400 g/mol. The van der Waals surface area contributed by atoms with Crippen LogP contribution in [0.25, 0.3) is 0 Å². The largest absolute Gasteiger partial charge is 0.391 e. The molecule has 0 bridgehead atoms. The van der Waals surface area contributed by atoms with Gasteiger partial charge in [0.25, 0.3) is 0 Å². The minimum atomic E-state index is -0.445. The van der Waals surface area contributed by atoms with E-state index in [-0.39, 0.29) is 13.5 Å². The Hall–Kier alpha value is -0.320. The zero-order valence-electron chi connectivity index (χ0n) is 17.1. The predicted octanol–water partition coefficient (Wildman–Crippen LogP) is 0.976. The Bertz CT molecular complexity index is 273. The van der Waals surface area contributed by atoms with Crippen molar-refractivity contribution in [1.82, 2.24) is 0 Å². The first-order valence-electron chi connectivity index (χ1n) is 9.15. The second-order valence-corrected chi connectivity index (χ2v) is 6.76. The number of epoxide rings is 1. The van der Waals surface area contributed by atoms with E-state index in [1.165, 1.54) is 0 Å². The lowest BCUT2D eigenvalue weighted by Gasteiger charge is -2.15. The molecule has 27 heavy (non-hydrogen) atoms. The minimum absolute atomic E-state index is 0. The quantitative estimate of drug-likeness (QED) is 0.379. The van der Waals surface area contributed by atoms with Gasteiger partial charge in [-0.3, -0.25) is 0 Å². The van der Waals surface area contributed by atoms with Gasteiger partial charge in [-0.05, 0) is 41.5 Å². The van der Waals surface area contributed by atoms with Gasteiger partial charge in [-0.2, -0.15) is 0 Å². The summed E-state index contributed by atoms with van der Waals surface area (Å²) in [5.74, 6) is 0. The van der Waals surface area contributed by atoms with Crippen molar-refractivity contribution in [2.45, 2.75) is 85.6 Å². The summed E-state index contributed by atoms with van der Waals surface area (Å²) in [6.07, 6.45) is -1.23. The lowest BCUT2D eigenvalue weighted by atomic mass is 10.4. The van der Waals surface area contributed by atoms with Gasteiger partial charge >= 0.3 is 0 Å². The van der Waals surface area contributed by atoms with E-state index >= 15 is 0 Å². The topological polar surface area (TPSA) is 121 Å². The van der Waals surface area contributed by atoms with Gasteiger partial charge in [0, 0.05) is 0 Å². The summed E-state index contributed by atoms with van der Waals surface area (Å²) < 4.78 is 19.9. The molecule has 0 aromatic rings. The molecular formula is C19H44O8. The Morgan fingerprint density at radius 3 is 1.30 bits per heavy atom. The molecule has 1 aliphatic heterocycles. The van der Waals surface area contributed by atoms with Crippen molar-refractivity contribution in [3.8, 4) is 0 Å². The van der Waals surface area contributed by atoms with E-state index in [4.69, 9.17) is 39.4 Å². The normalized spacial score (nSPS) is 20.4. The zero-order valence-corrected chi connectivity index (χ0v) is 17.1. The van der Waals surface area contributed by atoms with E-state index in [9.17, 15) is 0 Å². The maximum atomic E-state index is 8.91. The van der Waals surface area contributed by atoms with E-state index in [0.717, 1.165) is 6.61 Å². The number of hydrogen-bond acceptors (Lipinski definition) is 8. The van der Waals surface area contributed by atoms with Gasteiger partial charge in [0.05, 0.1) is 76.3 Å². The molecule has 1 saturated heterocycles. The highest BCUT2D eigenvalue weighted by Crippen LogP contribution is 2.04. The average Bonchev–Trinajstić information content (AvgIpc) is 3.27. The molecule has 0 aromatic heterocycles. The Morgan fingerprint density at radius 1 is 0.741 bits per heavy atom. The molecule has 0 saturated carbocycles. The van der Waals surface area contributed by atoms with Crippen molar-refractivity contribution in [3.63, 3.8) is 0 Å². The Kier molecular flexibility index (Phi) is 23.7. The maximum absolute atomic E-state index is 8.91. The van der Waals surface area contributed by atoms with E-state index in [0.29, 0.717) is 39.1 Å². The third kappa shape index (κ3) is 37.2. The Balaban J connectivity index is -0.000000354. The summed E-state index contributed by atoms with van der Waals surface area (Å²) in [6, 6.07) is 0. The molecule has 1 aliphatic rings. The minimum Gasteiger partial charge on any atom is -0.391 e. The third-order valence-electron chi connectivity index (χ3n) is 2.55. The van der Waals surface area contributed by atoms with Crippen LogP contribution in [0.4, 0.5) is 0 Å². The summed E-state index contributed by atoms with van der Waals surface area (Å²) in [5, 5.41) is 35.1. The first kappa shape index (κ1) is 31.4. The fourth-order valence-corrected chi connectivity index (χ4v) is 1.26. The van der Waals surface area contributed by atoms with Crippen LogP contribution in [-0.4, -0.2) is 96.7 Å². The number of ether oxygens (including phenoxy) is 4. The van der Waals surface area contributed by atoms with Crippen molar-refractivity contribution < 1.29 is 39.4 Å². The number of rotatable bonds is 11. The molecule has 0 radical (unpaired) electrons. The molecule has 0 aromatic carbocycles. The summed E-state index contributed by atoms with van der Waals surface area (Å²) in [5.41, 5.74) is 0. The smallest absolute Gasteiger partial charge is 0.0781 e. The molecule has 4 N–H and O–H groups in total. The van der Waals surface area contributed by atoms with Crippen LogP contribution in [0.3, 0.4) is 0 Å². The SMILES string of the molecule is C.CC(O)COCC(C)O.CC(O)COCC(C)OCC(C)O.CC1CO1. The van der Waals surface area contributed by atoms with Crippen LogP contribution in [0, 0.1) is 0 Å². The molecule has 1 rings (SSSR count). The van der Waals surface area contributed by atoms with E-state index in [2.05, 4.69) is 6.92 Å². The van der Waals surface area contributed by atoms with Crippen LogP contribution in [0.5, 0.6) is 0 Å². The molecule has 1 heterocycles. The summed E-state index contributed by atoms with van der Waals surface area (Å²) >= 11 is 0. The molecule has 1 fully saturated rings. The van der Waals surface area contributed by atoms with Crippen LogP contribution in [-0.2, 0) is 18.9 Å². The number of hydrogen-bond donors (Lipinski definition) is 4. The maximum Gasteiger partial charge on any atom is 0.0781 e. The van der Waals surface area contributed by atoms with E-state index in [1.807, 2.05) is 6.92 Å². The van der Waals surface area contributed by atoms with Gasteiger partial charge in [-0.25, -0.2) is 0 Å². The van der Waals surface area contributed by atoms with Gasteiger partial charge in [0.1, 0.15) is 0 Å². The fraction of sp³-hybridized carbons (Fsp3) is 1.00.